The Hall–Kier alpha value is -4.22. The van der Waals surface area contributed by atoms with Crippen molar-refractivity contribution < 1.29 is 19.1 Å². The lowest BCUT2D eigenvalue weighted by atomic mass is 9.77. The molecule has 0 radical (unpaired) electrons. The SMILES string of the molecule is COC(=O)C[C@H](C(=O)OC)N(Cc1ccccc1)C1(c2ccccc2)c2ccccc2-c2ccccc21. The number of methoxy groups -OCH3 is 2. The van der Waals surface area contributed by atoms with Gasteiger partial charge in [-0.2, -0.15) is 0 Å². The first-order chi connectivity index (χ1) is 18.1. The van der Waals surface area contributed by atoms with Gasteiger partial charge < -0.3 is 9.47 Å². The first-order valence-electron chi connectivity index (χ1n) is 12.3. The minimum absolute atomic E-state index is 0.144. The lowest BCUT2D eigenvalue weighted by Crippen LogP contribution is -2.55. The van der Waals surface area contributed by atoms with Crippen LogP contribution in [0.15, 0.2) is 109 Å². The molecule has 0 heterocycles. The molecule has 0 unspecified atom stereocenters. The van der Waals surface area contributed by atoms with E-state index in [4.69, 9.17) is 9.47 Å². The van der Waals surface area contributed by atoms with Crippen LogP contribution in [0.1, 0.15) is 28.7 Å². The Morgan fingerprint density at radius 2 is 1.22 bits per heavy atom. The molecular weight excluding hydrogens is 462 g/mol. The van der Waals surface area contributed by atoms with E-state index in [1.807, 2.05) is 72.8 Å². The molecule has 37 heavy (non-hydrogen) atoms. The molecule has 4 aromatic carbocycles. The van der Waals surface area contributed by atoms with Crippen molar-refractivity contribution in [1.82, 2.24) is 4.90 Å². The molecule has 0 spiro atoms. The van der Waals surface area contributed by atoms with E-state index in [1.165, 1.54) is 14.2 Å². The number of hydrogen-bond donors (Lipinski definition) is 0. The van der Waals surface area contributed by atoms with Gasteiger partial charge in [0.15, 0.2) is 0 Å². The molecule has 5 rings (SSSR count). The average Bonchev–Trinajstić information content (AvgIpc) is 3.26. The summed E-state index contributed by atoms with van der Waals surface area (Å²) in [5, 5.41) is 0. The van der Waals surface area contributed by atoms with Gasteiger partial charge in [-0.25, -0.2) is 0 Å². The molecule has 5 nitrogen and oxygen atoms in total. The summed E-state index contributed by atoms with van der Waals surface area (Å²) in [4.78, 5) is 28.3. The maximum atomic E-state index is 13.5. The molecule has 0 saturated carbocycles. The van der Waals surface area contributed by atoms with Crippen LogP contribution < -0.4 is 0 Å². The van der Waals surface area contributed by atoms with E-state index in [0.717, 1.165) is 33.4 Å². The summed E-state index contributed by atoms with van der Waals surface area (Å²) in [6.45, 7) is 0.398. The monoisotopic (exact) mass is 491 g/mol. The molecular formula is C32H29NO4. The highest BCUT2D eigenvalue weighted by atomic mass is 16.5. The molecule has 0 N–H and O–H groups in total. The molecule has 0 bridgehead atoms. The van der Waals surface area contributed by atoms with E-state index < -0.39 is 23.5 Å². The molecule has 1 atom stereocenters. The first-order valence-corrected chi connectivity index (χ1v) is 12.3. The molecule has 5 heteroatoms. The number of benzene rings is 4. The number of rotatable bonds is 8. The Kier molecular flexibility index (Phi) is 6.89. The van der Waals surface area contributed by atoms with Gasteiger partial charge in [-0.1, -0.05) is 109 Å². The smallest absolute Gasteiger partial charge is 0.323 e. The second-order valence-corrected chi connectivity index (χ2v) is 9.10. The number of esters is 2. The van der Waals surface area contributed by atoms with Gasteiger partial charge in [-0.05, 0) is 33.4 Å². The topological polar surface area (TPSA) is 55.8 Å². The second-order valence-electron chi connectivity index (χ2n) is 9.10. The number of hydrogen-bond acceptors (Lipinski definition) is 5. The first kappa shape index (κ1) is 24.5. The van der Waals surface area contributed by atoms with E-state index in [-0.39, 0.29) is 6.42 Å². The Bertz CT molecular complexity index is 1360. The minimum Gasteiger partial charge on any atom is -0.469 e. The molecule has 4 aromatic rings. The highest BCUT2D eigenvalue weighted by molar-refractivity contribution is 5.86. The molecule has 0 saturated heterocycles. The molecule has 0 amide bonds. The standard InChI is InChI=1S/C32H29NO4/c1-36-30(34)21-29(31(35)37-2)33(22-23-13-5-3-6-14-23)32(24-15-7-4-8-16-24)27-19-11-9-17-25(27)26-18-10-12-20-28(26)32/h3-20,29H,21-22H2,1-2H3/t29-/m1/s1. The quantitative estimate of drug-likeness (QED) is 0.302. The summed E-state index contributed by atoms with van der Waals surface area (Å²) in [7, 11) is 2.70. The number of carbonyl (C=O) groups excluding carboxylic acids is 2. The van der Waals surface area contributed by atoms with Gasteiger partial charge >= 0.3 is 11.9 Å². The van der Waals surface area contributed by atoms with Crippen LogP contribution in [0.25, 0.3) is 11.1 Å². The van der Waals surface area contributed by atoms with Crippen LogP contribution in [0.2, 0.25) is 0 Å². The summed E-state index contributed by atoms with van der Waals surface area (Å²) >= 11 is 0. The zero-order valence-electron chi connectivity index (χ0n) is 21.0. The third-order valence-corrected chi connectivity index (χ3v) is 7.18. The molecule has 186 valence electrons. The highest BCUT2D eigenvalue weighted by Crippen LogP contribution is 2.55. The summed E-state index contributed by atoms with van der Waals surface area (Å²) in [6, 6.07) is 35.8. The lowest BCUT2D eigenvalue weighted by Gasteiger charge is -2.46. The van der Waals surface area contributed by atoms with E-state index in [2.05, 4.69) is 41.3 Å². The second kappa shape index (κ2) is 10.4. The zero-order valence-corrected chi connectivity index (χ0v) is 21.0. The van der Waals surface area contributed by atoms with Gasteiger partial charge in [0, 0.05) is 6.54 Å². The predicted molar refractivity (Wildman–Crippen MR) is 143 cm³/mol. The predicted octanol–water partition coefficient (Wildman–Crippen LogP) is 5.57. The Morgan fingerprint density at radius 3 is 1.76 bits per heavy atom. The van der Waals surface area contributed by atoms with E-state index in [9.17, 15) is 9.59 Å². The summed E-state index contributed by atoms with van der Waals surface area (Å²) in [5.41, 5.74) is 5.45. The normalized spacial score (nSPS) is 13.9. The number of fused-ring (bicyclic) bond motifs is 3. The van der Waals surface area contributed by atoms with Crippen LogP contribution in [0.5, 0.6) is 0 Å². The lowest BCUT2D eigenvalue weighted by molar-refractivity contribution is -0.155. The third kappa shape index (κ3) is 4.21. The fourth-order valence-corrected chi connectivity index (χ4v) is 5.62. The van der Waals surface area contributed by atoms with Crippen molar-refractivity contribution in [3.8, 4) is 11.1 Å². The molecule has 1 aliphatic rings. The Balaban J connectivity index is 1.86. The molecule has 0 aromatic heterocycles. The van der Waals surface area contributed by atoms with Gasteiger partial charge in [-0.15, -0.1) is 0 Å². The Labute approximate surface area is 217 Å². The van der Waals surface area contributed by atoms with Crippen LogP contribution in [0.3, 0.4) is 0 Å². The third-order valence-electron chi connectivity index (χ3n) is 7.18. The van der Waals surface area contributed by atoms with Crippen molar-refractivity contribution >= 4 is 11.9 Å². The maximum Gasteiger partial charge on any atom is 0.323 e. The fourth-order valence-electron chi connectivity index (χ4n) is 5.62. The van der Waals surface area contributed by atoms with Gasteiger partial charge in [-0.3, -0.25) is 14.5 Å². The highest BCUT2D eigenvalue weighted by Gasteiger charge is 2.52. The molecule has 0 aliphatic heterocycles. The van der Waals surface area contributed by atoms with Crippen LogP contribution in [-0.2, 0) is 31.1 Å². The Morgan fingerprint density at radius 1 is 0.703 bits per heavy atom. The number of ether oxygens (including phenoxy) is 2. The fraction of sp³-hybridized carbons (Fsp3) is 0.188. The van der Waals surface area contributed by atoms with Crippen molar-refractivity contribution in [3.05, 3.63) is 131 Å². The van der Waals surface area contributed by atoms with Crippen LogP contribution >= 0.6 is 0 Å². The maximum absolute atomic E-state index is 13.5. The number of carbonyl (C=O) groups is 2. The average molecular weight is 492 g/mol. The zero-order chi connectivity index (χ0) is 25.8. The largest absolute Gasteiger partial charge is 0.469 e. The number of nitrogens with zero attached hydrogens (tertiary/aromatic N) is 1. The van der Waals surface area contributed by atoms with Crippen LogP contribution in [-0.4, -0.2) is 37.1 Å². The summed E-state index contributed by atoms with van der Waals surface area (Å²) in [5.74, 6) is -0.963. The van der Waals surface area contributed by atoms with Crippen molar-refractivity contribution in [2.75, 3.05) is 14.2 Å². The van der Waals surface area contributed by atoms with E-state index >= 15 is 0 Å². The van der Waals surface area contributed by atoms with Crippen molar-refractivity contribution in [2.45, 2.75) is 24.5 Å². The van der Waals surface area contributed by atoms with Gasteiger partial charge in [0.05, 0.1) is 26.2 Å². The minimum atomic E-state index is -0.905. The summed E-state index contributed by atoms with van der Waals surface area (Å²) < 4.78 is 10.3. The molecule has 1 aliphatic carbocycles. The van der Waals surface area contributed by atoms with Crippen molar-refractivity contribution in [1.29, 1.82) is 0 Å². The van der Waals surface area contributed by atoms with Crippen molar-refractivity contribution in [3.63, 3.8) is 0 Å². The van der Waals surface area contributed by atoms with Gasteiger partial charge in [0.2, 0.25) is 0 Å². The van der Waals surface area contributed by atoms with Crippen molar-refractivity contribution in [2.24, 2.45) is 0 Å². The van der Waals surface area contributed by atoms with Gasteiger partial charge in [0.1, 0.15) is 6.04 Å². The van der Waals surface area contributed by atoms with Crippen LogP contribution in [0.4, 0.5) is 0 Å². The van der Waals surface area contributed by atoms with E-state index in [0.29, 0.717) is 6.54 Å². The summed E-state index contributed by atoms with van der Waals surface area (Å²) in [6.07, 6.45) is -0.144. The molecule has 0 fully saturated rings. The van der Waals surface area contributed by atoms with Crippen LogP contribution in [0, 0.1) is 0 Å². The van der Waals surface area contributed by atoms with E-state index in [1.54, 1.807) is 0 Å². The van der Waals surface area contributed by atoms with Gasteiger partial charge in [0.25, 0.3) is 0 Å².